The molecule has 1 aliphatic rings. The molecule has 4 heteroatoms. The number of hydrogen-bond donors (Lipinski definition) is 0. The van der Waals surface area contributed by atoms with Gasteiger partial charge in [-0.2, -0.15) is 0 Å². The number of benzene rings is 1. The lowest BCUT2D eigenvalue weighted by Crippen LogP contribution is -2.58. The van der Waals surface area contributed by atoms with Gasteiger partial charge in [0.05, 0.1) is 0 Å². The standard InChI is InChI=1S/C17H24N2O2/c1-5-14-8-6-7-9-15(14)19-11-10-18(13(4)17(19)21)16(20)12(2)3/h6-9,12-13H,5,10-11H2,1-4H3/t13-/m1/s1. The molecule has 1 aromatic carbocycles. The van der Waals surface area contributed by atoms with E-state index in [9.17, 15) is 9.59 Å². The van der Waals surface area contributed by atoms with Crippen molar-refractivity contribution in [1.82, 2.24) is 4.90 Å². The predicted molar refractivity (Wildman–Crippen MR) is 84.2 cm³/mol. The summed E-state index contributed by atoms with van der Waals surface area (Å²) in [5.41, 5.74) is 2.15. The van der Waals surface area contributed by atoms with Crippen LogP contribution in [0.2, 0.25) is 0 Å². The van der Waals surface area contributed by atoms with Crippen molar-refractivity contribution in [2.75, 3.05) is 18.0 Å². The highest BCUT2D eigenvalue weighted by molar-refractivity contribution is 6.00. The molecule has 1 saturated heterocycles. The summed E-state index contributed by atoms with van der Waals surface area (Å²) in [7, 11) is 0. The van der Waals surface area contributed by atoms with E-state index in [1.165, 1.54) is 5.56 Å². The molecule has 0 spiro atoms. The molecule has 0 N–H and O–H groups in total. The fraction of sp³-hybridized carbons (Fsp3) is 0.529. The minimum Gasteiger partial charge on any atom is -0.329 e. The van der Waals surface area contributed by atoms with E-state index in [1.54, 1.807) is 4.90 Å². The Morgan fingerprint density at radius 2 is 1.95 bits per heavy atom. The minimum atomic E-state index is -0.390. The zero-order valence-electron chi connectivity index (χ0n) is 13.3. The van der Waals surface area contributed by atoms with Crippen LogP contribution in [0.4, 0.5) is 5.69 Å². The highest BCUT2D eigenvalue weighted by Gasteiger charge is 2.36. The average Bonchev–Trinajstić information content (AvgIpc) is 2.49. The third-order valence-electron chi connectivity index (χ3n) is 4.10. The molecule has 1 heterocycles. The fourth-order valence-corrected chi connectivity index (χ4v) is 2.82. The third kappa shape index (κ3) is 2.94. The van der Waals surface area contributed by atoms with Crippen molar-refractivity contribution in [1.29, 1.82) is 0 Å². The highest BCUT2D eigenvalue weighted by atomic mass is 16.2. The van der Waals surface area contributed by atoms with Crippen LogP contribution in [0.3, 0.4) is 0 Å². The fourth-order valence-electron chi connectivity index (χ4n) is 2.82. The number of hydrogen-bond acceptors (Lipinski definition) is 2. The summed E-state index contributed by atoms with van der Waals surface area (Å²) < 4.78 is 0. The topological polar surface area (TPSA) is 40.6 Å². The average molecular weight is 288 g/mol. The monoisotopic (exact) mass is 288 g/mol. The lowest BCUT2D eigenvalue weighted by molar-refractivity contribution is -0.143. The maximum absolute atomic E-state index is 12.7. The molecule has 0 radical (unpaired) electrons. The Morgan fingerprint density at radius 1 is 1.29 bits per heavy atom. The SMILES string of the molecule is CCc1ccccc1N1CCN(C(=O)C(C)C)[C@H](C)C1=O. The molecule has 1 aliphatic heterocycles. The van der Waals surface area contributed by atoms with Crippen LogP contribution in [-0.4, -0.2) is 35.8 Å². The van der Waals surface area contributed by atoms with Crippen LogP contribution in [-0.2, 0) is 16.0 Å². The summed E-state index contributed by atoms with van der Waals surface area (Å²) in [6.07, 6.45) is 0.892. The van der Waals surface area contributed by atoms with E-state index in [2.05, 4.69) is 13.0 Å². The summed E-state index contributed by atoms with van der Waals surface area (Å²) in [4.78, 5) is 28.4. The van der Waals surface area contributed by atoms with E-state index in [1.807, 2.05) is 43.9 Å². The first-order valence-corrected chi connectivity index (χ1v) is 7.67. The van der Waals surface area contributed by atoms with Gasteiger partial charge in [-0.15, -0.1) is 0 Å². The van der Waals surface area contributed by atoms with Gasteiger partial charge in [0.15, 0.2) is 0 Å². The first kappa shape index (κ1) is 15.5. The number of carbonyl (C=O) groups is 2. The largest absolute Gasteiger partial charge is 0.329 e. The first-order chi connectivity index (χ1) is 9.97. The van der Waals surface area contributed by atoms with Gasteiger partial charge in [-0.1, -0.05) is 39.0 Å². The number of anilines is 1. The smallest absolute Gasteiger partial charge is 0.249 e. The van der Waals surface area contributed by atoms with Gasteiger partial charge in [0, 0.05) is 24.7 Å². The Bertz CT molecular complexity index is 539. The molecule has 4 nitrogen and oxygen atoms in total. The van der Waals surface area contributed by atoms with Gasteiger partial charge in [0.1, 0.15) is 6.04 Å². The van der Waals surface area contributed by atoms with Gasteiger partial charge in [-0.05, 0) is 25.0 Å². The number of amides is 2. The minimum absolute atomic E-state index is 0.0103. The Kier molecular flexibility index (Phi) is 4.66. The maximum Gasteiger partial charge on any atom is 0.249 e. The third-order valence-corrected chi connectivity index (χ3v) is 4.10. The van der Waals surface area contributed by atoms with Gasteiger partial charge in [0.25, 0.3) is 0 Å². The first-order valence-electron chi connectivity index (χ1n) is 7.67. The van der Waals surface area contributed by atoms with Crippen molar-refractivity contribution in [2.45, 2.75) is 40.2 Å². The Balaban J connectivity index is 2.24. The van der Waals surface area contributed by atoms with Gasteiger partial charge in [0.2, 0.25) is 11.8 Å². The molecule has 1 fully saturated rings. The molecule has 1 aromatic rings. The molecule has 0 aliphatic carbocycles. The molecular weight excluding hydrogens is 264 g/mol. The number of carbonyl (C=O) groups excluding carboxylic acids is 2. The lowest BCUT2D eigenvalue weighted by atomic mass is 10.0. The van der Waals surface area contributed by atoms with E-state index in [4.69, 9.17) is 0 Å². The number of aryl methyl sites for hydroxylation is 1. The summed E-state index contributed by atoms with van der Waals surface area (Å²) in [6.45, 7) is 8.83. The summed E-state index contributed by atoms with van der Waals surface area (Å²) in [6, 6.07) is 7.60. The second-order valence-corrected chi connectivity index (χ2v) is 5.83. The lowest BCUT2D eigenvalue weighted by Gasteiger charge is -2.40. The summed E-state index contributed by atoms with van der Waals surface area (Å²) >= 11 is 0. The normalized spacial score (nSPS) is 19.3. The zero-order chi connectivity index (χ0) is 15.6. The van der Waals surface area contributed by atoms with Crippen molar-refractivity contribution >= 4 is 17.5 Å². The molecule has 2 rings (SSSR count). The van der Waals surface area contributed by atoms with E-state index in [0.717, 1.165) is 12.1 Å². The molecule has 0 unspecified atom stereocenters. The predicted octanol–water partition coefficient (Wildman–Crippen LogP) is 2.47. The highest BCUT2D eigenvalue weighted by Crippen LogP contribution is 2.25. The van der Waals surface area contributed by atoms with Crippen LogP contribution < -0.4 is 4.90 Å². The van der Waals surface area contributed by atoms with E-state index >= 15 is 0 Å². The Labute approximate surface area is 126 Å². The molecule has 2 amide bonds. The van der Waals surface area contributed by atoms with Crippen LogP contribution in [0.15, 0.2) is 24.3 Å². The van der Waals surface area contributed by atoms with Crippen molar-refractivity contribution in [2.24, 2.45) is 5.92 Å². The van der Waals surface area contributed by atoms with E-state index in [-0.39, 0.29) is 17.7 Å². The second-order valence-electron chi connectivity index (χ2n) is 5.83. The quantitative estimate of drug-likeness (QED) is 0.857. The van der Waals surface area contributed by atoms with Crippen LogP contribution in [0.5, 0.6) is 0 Å². The van der Waals surface area contributed by atoms with Crippen LogP contribution in [0.25, 0.3) is 0 Å². The molecule has 0 saturated carbocycles. The Morgan fingerprint density at radius 3 is 2.57 bits per heavy atom. The van der Waals surface area contributed by atoms with Crippen LogP contribution in [0.1, 0.15) is 33.3 Å². The van der Waals surface area contributed by atoms with Gasteiger partial charge in [-0.3, -0.25) is 9.59 Å². The molecule has 114 valence electrons. The molecule has 1 atom stereocenters. The van der Waals surface area contributed by atoms with E-state index < -0.39 is 6.04 Å². The molecule has 0 bridgehead atoms. The van der Waals surface area contributed by atoms with Crippen molar-refractivity contribution < 1.29 is 9.59 Å². The zero-order valence-corrected chi connectivity index (χ0v) is 13.3. The molecular formula is C17H24N2O2. The van der Waals surface area contributed by atoms with Crippen molar-refractivity contribution in [3.8, 4) is 0 Å². The van der Waals surface area contributed by atoms with Crippen LogP contribution >= 0.6 is 0 Å². The number of rotatable bonds is 3. The van der Waals surface area contributed by atoms with Crippen LogP contribution in [0, 0.1) is 5.92 Å². The number of piperazine rings is 1. The molecule has 0 aromatic heterocycles. The Hall–Kier alpha value is -1.84. The second kappa shape index (κ2) is 6.29. The summed E-state index contributed by atoms with van der Waals surface area (Å²) in [5, 5.41) is 0. The molecule has 21 heavy (non-hydrogen) atoms. The number of para-hydroxylation sites is 1. The van der Waals surface area contributed by atoms with Gasteiger partial charge in [-0.25, -0.2) is 0 Å². The van der Waals surface area contributed by atoms with Gasteiger partial charge >= 0.3 is 0 Å². The summed E-state index contributed by atoms with van der Waals surface area (Å²) in [5.74, 6) is -0.00912. The van der Waals surface area contributed by atoms with Gasteiger partial charge < -0.3 is 9.80 Å². The van der Waals surface area contributed by atoms with Crippen molar-refractivity contribution in [3.05, 3.63) is 29.8 Å². The van der Waals surface area contributed by atoms with E-state index in [0.29, 0.717) is 13.1 Å². The maximum atomic E-state index is 12.7. The number of nitrogens with zero attached hydrogens (tertiary/aromatic N) is 2. The van der Waals surface area contributed by atoms with Crippen molar-refractivity contribution in [3.63, 3.8) is 0 Å².